The minimum atomic E-state index is 0.891. The number of aromatic nitrogens is 4. The third kappa shape index (κ3) is 2.08. The maximum absolute atomic E-state index is 4.76. The molecule has 24 heavy (non-hydrogen) atoms. The third-order valence-electron chi connectivity index (χ3n) is 5.16. The molecular weight excluding hydrogens is 316 g/mol. The number of rotatable bonds is 1. The van der Waals surface area contributed by atoms with E-state index in [2.05, 4.69) is 45.7 Å². The molecule has 0 fully saturated rings. The van der Waals surface area contributed by atoms with Gasteiger partial charge in [-0.25, -0.2) is 4.98 Å². The van der Waals surface area contributed by atoms with E-state index in [9.17, 15) is 0 Å². The van der Waals surface area contributed by atoms with Crippen LogP contribution in [0, 0.1) is 41.5 Å². The van der Waals surface area contributed by atoms with Gasteiger partial charge in [0.2, 0.25) is 0 Å². The Kier molecular flexibility index (Phi) is 3.25. The normalized spacial score (nSPS) is 11.8. The summed E-state index contributed by atoms with van der Waals surface area (Å²) in [6.07, 6.45) is 0. The van der Waals surface area contributed by atoms with Crippen molar-refractivity contribution in [2.75, 3.05) is 0 Å². The Bertz CT molecular complexity index is 1040. The van der Waals surface area contributed by atoms with Crippen LogP contribution in [-0.2, 0) is 0 Å². The zero-order valence-corrected chi connectivity index (χ0v) is 15.7. The first-order valence-corrected chi connectivity index (χ1v) is 8.90. The number of aryl methyl sites for hydroxylation is 1. The lowest BCUT2D eigenvalue weighted by Gasteiger charge is -2.17. The summed E-state index contributed by atoms with van der Waals surface area (Å²) in [7, 11) is 0. The molecule has 0 saturated carbocycles. The summed E-state index contributed by atoms with van der Waals surface area (Å²) in [4.78, 5) is 6.36. The summed E-state index contributed by atoms with van der Waals surface area (Å²) in [5.41, 5.74) is 10.4. The van der Waals surface area contributed by atoms with Crippen molar-refractivity contribution in [1.82, 2.24) is 20.0 Å². The van der Waals surface area contributed by atoms with Crippen LogP contribution >= 0.6 is 11.3 Å². The molecule has 4 rings (SSSR count). The van der Waals surface area contributed by atoms with Crippen molar-refractivity contribution in [3.05, 3.63) is 45.0 Å². The van der Waals surface area contributed by atoms with Gasteiger partial charge in [-0.15, -0.1) is 26.3 Å². The smallest absolute Gasteiger partial charge is 0.115 e. The van der Waals surface area contributed by atoms with Gasteiger partial charge in [-0.3, -0.25) is 0 Å². The maximum atomic E-state index is 4.76. The molecule has 0 aliphatic heterocycles. The van der Waals surface area contributed by atoms with Crippen LogP contribution in [0.3, 0.4) is 0 Å². The fourth-order valence-electron chi connectivity index (χ4n) is 3.33. The van der Waals surface area contributed by atoms with Gasteiger partial charge in [-0.1, -0.05) is 0 Å². The molecule has 122 valence electrons. The van der Waals surface area contributed by atoms with Gasteiger partial charge >= 0.3 is 0 Å². The van der Waals surface area contributed by atoms with E-state index in [0.29, 0.717) is 0 Å². The second-order valence-electron chi connectivity index (χ2n) is 6.50. The summed E-state index contributed by atoms with van der Waals surface area (Å²) < 4.78 is 1.16. The number of nitrogens with zero attached hydrogens (tertiary/aromatic N) is 4. The predicted octanol–water partition coefficient (Wildman–Crippen LogP) is 4.88. The van der Waals surface area contributed by atoms with E-state index >= 15 is 0 Å². The maximum Gasteiger partial charge on any atom is 0.115 e. The molecule has 5 heteroatoms. The first kappa shape index (κ1) is 15.3. The minimum absolute atomic E-state index is 0.891. The van der Waals surface area contributed by atoms with Crippen LogP contribution in [0.5, 0.6) is 0 Å². The van der Waals surface area contributed by atoms with Crippen molar-refractivity contribution in [2.24, 2.45) is 0 Å². The lowest BCUT2D eigenvalue weighted by atomic mass is 9.93. The molecule has 0 aliphatic rings. The Balaban J connectivity index is 2.00. The zero-order chi connectivity index (χ0) is 17.2. The average Bonchev–Trinajstić information content (AvgIpc) is 3.09. The van der Waals surface area contributed by atoms with Crippen molar-refractivity contribution in [3.63, 3.8) is 0 Å². The second-order valence-corrected chi connectivity index (χ2v) is 7.74. The Morgan fingerprint density at radius 2 is 1.25 bits per heavy atom. The van der Waals surface area contributed by atoms with Crippen LogP contribution in [0.1, 0.15) is 32.8 Å². The van der Waals surface area contributed by atoms with E-state index in [1.165, 1.54) is 27.8 Å². The van der Waals surface area contributed by atoms with Gasteiger partial charge in [-0.2, -0.15) is 0 Å². The molecule has 2 heterocycles. The van der Waals surface area contributed by atoms with Crippen molar-refractivity contribution in [3.8, 4) is 5.69 Å². The van der Waals surface area contributed by atoms with Crippen LogP contribution in [0.25, 0.3) is 26.9 Å². The monoisotopic (exact) mass is 336 g/mol. The topological polar surface area (TPSA) is 43.6 Å². The van der Waals surface area contributed by atoms with Gasteiger partial charge in [0.25, 0.3) is 0 Å². The fourth-order valence-corrected chi connectivity index (χ4v) is 4.18. The zero-order valence-electron chi connectivity index (χ0n) is 14.9. The van der Waals surface area contributed by atoms with Gasteiger partial charge in [-0.05, 0) is 81.5 Å². The van der Waals surface area contributed by atoms with Crippen molar-refractivity contribution >= 4 is 32.6 Å². The molecule has 0 radical (unpaired) electrons. The van der Waals surface area contributed by atoms with Gasteiger partial charge in [0.05, 0.1) is 20.9 Å². The predicted molar refractivity (Wildman–Crippen MR) is 100 cm³/mol. The molecule has 0 N–H and O–H groups in total. The molecule has 4 aromatic rings. The summed E-state index contributed by atoms with van der Waals surface area (Å²) in [5, 5.41) is 10.6. The van der Waals surface area contributed by atoms with E-state index in [1.807, 2.05) is 13.0 Å². The van der Waals surface area contributed by atoms with E-state index in [-0.39, 0.29) is 0 Å². The van der Waals surface area contributed by atoms with E-state index in [0.717, 1.165) is 31.9 Å². The summed E-state index contributed by atoms with van der Waals surface area (Å²) in [6, 6.07) is 4.13. The molecule has 4 nitrogen and oxygen atoms in total. The first-order valence-electron chi connectivity index (χ1n) is 8.08. The highest BCUT2D eigenvalue weighted by Gasteiger charge is 2.16. The van der Waals surface area contributed by atoms with Gasteiger partial charge in [0, 0.05) is 0 Å². The van der Waals surface area contributed by atoms with Crippen LogP contribution in [-0.4, -0.2) is 20.0 Å². The molecule has 2 aromatic heterocycles. The summed E-state index contributed by atoms with van der Waals surface area (Å²) in [6.45, 7) is 12.9. The van der Waals surface area contributed by atoms with E-state index < -0.39 is 0 Å². The van der Waals surface area contributed by atoms with Crippen LogP contribution in [0.15, 0.2) is 12.1 Å². The molecule has 0 atom stereocenters. The van der Waals surface area contributed by atoms with Crippen LogP contribution in [0.4, 0.5) is 0 Å². The Hall–Kier alpha value is -2.27. The van der Waals surface area contributed by atoms with Crippen molar-refractivity contribution in [2.45, 2.75) is 41.5 Å². The standard InChI is InChI=1S/C19H20N4S/c1-9-10(2)12(4)19(13(5)11(9)3)23-21-15-7-17-18(8-16(15)22-23)24-14(6)20-17/h7-8H,1-6H3. The Morgan fingerprint density at radius 3 is 1.88 bits per heavy atom. The number of thiazole rings is 1. The Labute approximate surface area is 145 Å². The minimum Gasteiger partial charge on any atom is -0.241 e. The van der Waals surface area contributed by atoms with Gasteiger partial charge in [0.1, 0.15) is 11.0 Å². The highest BCUT2D eigenvalue weighted by Crippen LogP contribution is 2.30. The second kappa shape index (κ2) is 5.11. The lowest BCUT2D eigenvalue weighted by Crippen LogP contribution is -2.08. The molecule has 0 saturated heterocycles. The molecule has 0 spiro atoms. The largest absolute Gasteiger partial charge is 0.241 e. The van der Waals surface area contributed by atoms with Crippen LogP contribution < -0.4 is 0 Å². The molecule has 0 amide bonds. The molecule has 0 bridgehead atoms. The van der Waals surface area contributed by atoms with Crippen molar-refractivity contribution in [1.29, 1.82) is 0 Å². The fraction of sp³-hybridized carbons (Fsp3) is 0.316. The molecular formula is C19H20N4S. The summed E-state index contributed by atoms with van der Waals surface area (Å²) >= 11 is 1.70. The molecule has 0 unspecified atom stereocenters. The van der Waals surface area contributed by atoms with Gasteiger partial charge < -0.3 is 0 Å². The molecule has 0 aliphatic carbocycles. The van der Waals surface area contributed by atoms with E-state index in [4.69, 9.17) is 10.2 Å². The van der Waals surface area contributed by atoms with E-state index in [1.54, 1.807) is 16.1 Å². The number of fused-ring (bicyclic) bond motifs is 2. The number of hydrogen-bond acceptors (Lipinski definition) is 4. The van der Waals surface area contributed by atoms with Crippen LogP contribution in [0.2, 0.25) is 0 Å². The lowest BCUT2D eigenvalue weighted by molar-refractivity contribution is 0.752. The van der Waals surface area contributed by atoms with Gasteiger partial charge in [0.15, 0.2) is 0 Å². The Morgan fingerprint density at radius 1 is 0.708 bits per heavy atom. The number of hydrogen-bond donors (Lipinski definition) is 0. The number of benzene rings is 2. The SMILES string of the molecule is Cc1nc2cc3nn(-c4c(C)c(C)c(C)c(C)c4C)nc3cc2s1. The average molecular weight is 336 g/mol. The summed E-state index contributed by atoms with van der Waals surface area (Å²) in [5.74, 6) is 0. The highest BCUT2D eigenvalue weighted by atomic mass is 32.1. The quantitative estimate of drug-likeness (QED) is 0.497. The first-order chi connectivity index (χ1) is 11.4. The molecule has 2 aromatic carbocycles. The highest BCUT2D eigenvalue weighted by molar-refractivity contribution is 7.18. The van der Waals surface area contributed by atoms with Crippen molar-refractivity contribution < 1.29 is 0 Å². The third-order valence-corrected chi connectivity index (χ3v) is 6.09.